The Morgan fingerprint density at radius 2 is 1.90 bits per heavy atom. The van der Waals surface area contributed by atoms with E-state index in [1.54, 1.807) is 41.9 Å². The van der Waals surface area contributed by atoms with Crippen LogP contribution in [0.15, 0.2) is 51.9 Å². The number of hydrogen-bond donors (Lipinski definition) is 4. The van der Waals surface area contributed by atoms with Crippen LogP contribution in [0.3, 0.4) is 0 Å². The van der Waals surface area contributed by atoms with Crippen molar-refractivity contribution in [3.8, 4) is 0 Å². The predicted molar refractivity (Wildman–Crippen MR) is 115 cm³/mol. The van der Waals surface area contributed by atoms with Gasteiger partial charge in [-0.3, -0.25) is 24.2 Å². The fourth-order valence-electron chi connectivity index (χ4n) is 2.24. The Kier molecular flexibility index (Phi) is 6.93. The van der Waals surface area contributed by atoms with E-state index in [-0.39, 0.29) is 28.3 Å². The summed E-state index contributed by atoms with van der Waals surface area (Å²) >= 11 is 2.24. The second-order valence-electron chi connectivity index (χ2n) is 5.77. The van der Waals surface area contributed by atoms with Crippen LogP contribution in [0.5, 0.6) is 0 Å². The lowest BCUT2D eigenvalue weighted by Crippen LogP contribution is -2.24. The van der Waals surface area contributed by atoms with Crippen molar-refractivity contribution < 1.29 is 14.4 Å². The van der Waals surface area contributed by atoms with Crippen LogP contribution in [0, 0.1) is 0 Å². The summed E-state index contributed by atoms with van der Waals surface area (Å²) in [6, 6.07) is 8.29. The molecule has 2 aromatic heterocycles. The fraction of sp³-hybridized carbons (Fsp3) is 0.111. The molecule has 1 aromatic carbocycles. The third-order valence-corrected chi connectivity index (χ3v) is 5.05. The number of aromatic amines is 1. The molecule has 0 spiro atoms. The van der Waals surface area contributed by atoms with E-state index in [0.29, 0.717) is 10.7 Å². The third-order valence-electron chi connectivity index (χ3n) is 3.49. The molecule has 0 aliphatic carbocycles. The maximum absolute atomic E-state index is 12.5. The van der Waals surface area contributed by atoms with Gasteiger partial charge in [0, 0.05) is 24.1 Å². The Hall–Kier alpha value is -3.51. The highest BCUT2D eigenvalue weighted by atomic mass is 32.2. The monoisotopic (exact) mass is 444 g/mol. The molecule has 0 radical (unpaired) electrons. The highest BCUT2D eigenvalue weighted by Gasteiger charge is 2.17. The van der Waals surface area contributed by atoms with E-state index in [4.69, 9.17) is 0 Å². The molecule has 0 aliphatic heterocycles. The molecule has 0 bridgehead atoms. The maximum atomic E-state index is 12.5. The van der Waals surface area contributed by atoms with Crippen molar-refractivity contribution >= 4 is 57.5 Å². The summed E-state index contributed by atoms with van der Waals surface area (Å²) in [4.78, 5) is 59.0. The number of thiazole rings is 1. The number of hydrogen-bond acceptors (Lipinski definition) is 8. The number of nitrogens with one attached hydrogen (secondary N) is 4. The van der Waals surface area contributed by atoms with E-state index >= 15 is 0 Å². The second-order valence-corrected chi connectivity index (χ2v) is 7.63. The fourth-order valence-corrected chi connectivity index (χ4v) is 3.45. The number of anilines is 3. The van der Waals surface area contributed by atoms with Crippen LogP contribution < -0.4 is 21.5 Å². The van der Waals surface area contributed by atoms with Gasteiger partial charge in [-0.1, -0.05) is 30.0 Å². The van der Waals surface area contributed by atoms with E-state index in [1.807, 2.05) is 0 Å². The number of amides is 3. The van der Waals surface area contributed by atoms with Crippen molar-refractivity contribution in [3.63, 3.8) is 0 Å². The van der Waals surface area contributed by atoms with Gasteiger partial charge >= 0.3 is 0 Å². The van der Waals surface area contributed by atoms with Gasteiger partial charge in [0.1, 0.15) is 0 Å². The second kappa shape index (κ2) is 9.80. The normalized spacial score (nSPS) is 10.3. The van der Waals surface area contributed by atoms with Crippen LogP contribution in [0.4, 0.5) is 16.6 Å². The molecular weight excluding hydrogens is 428 g/mol. The Morgan fingerprint density at radius 3 is 2.57 bits per heavy atom. The summed E-state index contributed by atoms with van der Waals surface area (Å²) in [5, 5.41) is 9.80. The molecule has 3 rings (SSSR count). The lowest BCUT2D eigenvalue weighted by molar-refractivity contribution is -0.114. The zero-order valence-corrected chi connectivity index (χ0v) is 17.2. The number of carbonyl (C=O) groups excluding carboxylic acids is 3. The number of benzene rings is 1. The first kappa shape index (κ1) is 21.2. The molecule has 0 unspecified atom stereocenters. The SMILES string of the molecule is CC(=O)Nc1nc(SCC(=O)Nc2nccs2)[nH]c(=O)c1NC(=O)c1ccccc1. The van der Waals surface area contributed by atoms with Gasteiger partial charge in [-0.2, -0.15) is 0 Å². The first-order valence-electron chi connectivity index (χ1n) is 8.53. The van der Waals surface area contributed by atoms with Crippen molar-refractivity contribution in [2.75, 3.05) is 21.7 Å². The van der Waals surface area contributed by atoms with Crippen molar-refractivity contribution in [3.05, 3.63) is 57.8 Å². The molecule has 0 aliphatic rings. The van der Waals surface area contributed by atoms with Gasteiger partial charge in [-0.05, 0) is 12.1 Å². The first-order valence-corrected chi connectivity index (χ1v) is 10.4. The number of aromatic nitrogens is 3. The van der Waals surface area contributed by atoms with E-state index in [2.05, 4.69) is 30.9 Å². The zero-order valence-electron chi connectivity index (χ0n) is 15.6. The summed E-state index contributed by atoms with van der Waals surface area (Å²) in [7, 11) is 0. The number of rotatable bonds is 7. The van der Waals surface area contributed by atoms with Crippen LogP contribution in [0.1, 0.15) is 17.3 Å². The van der Waals surface area contributed by atoms with Gasteiger partial charge in [0.15, 0.2) is 21.8 Å². The minimum atomic E-state index is -0.666. The molecule has 30 heavy (non-hydrogen) atoms. The molecule has 3 aromatic rings. The van der Waals surface area contributed by atoms with Crippen molar-refractivity contribution in [2.45, 2.75) is 12.1 Å². The average molecular weight is 444 g/mol. The zero-order chi connectivity index (χ0) is 21.5. The minimum absolute atomic E-state index is 0.0439. The Bertz CT molecular complexity index is 1120. The molecule has 3 amide bonds. The largest absolute Gasteiger partial charge is 0.314 e. The standard InChI is InChI=1S/C18H16N6O4S2/c1-10(25)20-14-13(22-15(27)11-5-3-2-4-6-11)16(28)24-18(23-14)30-9-12(26)21-17-19-7-8-29-17/h2-8H,9H2,1H3,(H,22,27)(H,19,21,26)(H2,20,23,24,25,28). The van der Waals surface area contributed by atoms with Gasteiger partial charge in [0.25, 0.3) is 11.5 Å². The number of carbonyl (C=O) groups is 3. The molecular formula is C18H16N6O4S2. The quantitative estimate of drug-likeness (QED) is 0.323. The maximum Gasteiger partial charge on any atom is 0.277 e. The number of thioether (sulfide) groups is 1. The van der Waals surface area contributed by atoms with Crippen molar-refractivity contribution in [1.82, 2.24) is 15.0 Å². The Morgan fingerprint density at radius 1 is 1.13 bits per heavy atom. The van der Waals surface area contributed by atoms with Gasteiger partial charge in [-0.15, -0.1) is 11.3 Å². The van der Waals surface area contributed by atoms with Gasteiger partial charge in [-0.25, -0.2) is 9.97 Å². The van der Waals surface area contributed by atoms with Crippen LogP contribution in [0.25, 0.3) is 0 Å². The van der Waals surface area contributed by atoms with E-state index in [1.165, 1.54) is 18.3 Å². The van der Waals surface area contributed by atoms with E-state index in [9.17, 15) is 19.2 Å². The molecule has 12 heteroatoms. The van der Waals surface area contributed by atoms with Gasteiger partial charge < -0.3 is 16.0 Å². The van der Waals surface area contributed by atoms with Gasteiger partial charge in [0.2, 0.25) is 11.8 Å². The van der Waals surface area contributed by atoms with Crippen molar-refractivity contribution in [1.29, 1.82) is 0 Å². The van der Waals surface area contributed by atoms with Crippen molar-refractivity contribution in [2.24, 2.45) is 0 Å². The molecule has 154 valence electrons. The highest BCUT2D eigenvalue weighted by molar-refractivity contribution is 7.99. The molecule has 0 saturated carbocycles. The summed E-state index contributed by atoms with van der Waals surface area (Å²) in [6.45, 7) is 1.25. The van der Waals surface area contributed by atoms with Crippen LogP contribution in [0.2, 0.25) is 0 Å². The summed E-state index contributed by atoms with van der Waals surface area (Å²) in [5.74, 6) is -1.49. The molecule has 4 N–H and O–H groups in total. The lowest BCUT2D eigenvalue weighted by atomic mass is 10.2. The highest BCUT2D eigenvalue weighted by Crippen LogP contribution is 2.20. The van der Waals surface area contributed by atoms with Crippen LogP contribution >= 0.6 is 23.1 Å². The summed E-state index contributed by atoms with van der Waals surface area (Å²) < 4.78 is 0. The predicted octanol–water partition coefficient (Wildman–Crippen LogP) is 2.17. The van der Waals surface area contributed by atoms with Gasteiger partial charge in [0.05, 0.1) is 5.75 Å². The molecule has 0 fully saturated rings. The Balaban J connectivity index is 1.77. The number of H-pyrrole nitrogens is 1. The topological polar surface area (TPSA) is 146 Å². The smallest absolute Gasteiger partial charge is 0.277 e. The average Bonchev–Trinajstić information content (AvgIpc) is 3.22. The minimum Gasteiger partial charge on any atom is -0.314 e. The molecule has 2 heterocycles. The summed E-state index contributed by atoms with van der Waals surface area (Å²) in [5.41, 5.74) is -0.528. The Labute approximate surface area is 178 Å². The third kappa shape index (κ3) is 5.75. The van der Waals surface area contributed by atoms with E-state index in [0.717, 1.165) is 11.8 Å². The van der Waals surface area contributed by atoms with E-state index < -0.39 is 17.4 Å². The lowest BCUT2D eigenvalue weighted by Gasteiger charge is -2.11. The number of nitrogens with zero attached hydrogens (tertiary/aromatic N) is 2. The first-order chi connectivity index (χ1) is 14.4. The molecule has 0 saturated heterocycles. The molecule has 10 nitrogen and oxygen atoms in total. The van der Waals surface area contributed by atoms with Crippen LogP contribution in [-0.2, 0) is 9.59 Å². The molecule has 0 atom stereocenters. The summed E-state index contributed by atoms with van der Waals surface area (Å²) in [6.07, 6.45) is 1.56. The van der Waals surface area contributed by atoms with Crippen LogP contribution in [-0.4, -0.2) is 38.4 Å².